The zero-order valence-corrected chi connectivity index (χ0v) is 16.7. The van der Waals surface area contributed by atoms with Crippen molar-refractivity contribution in [3.05, 3.63) is 58.4 Å². The number of aryl methyl sites for hydroxylation is 1. The van der Waals surface area contributed by atoms with Gasteiger partial charge in [-0.2, -0.15) is 0 Å². The molecule has 0 aliphatic rings. The van der Waals surface area contributed by atoms with Crippen molar-refractivity contribution in [1.82, 2.24) is 0 Å². The summed E-state index contributed by atoms with van der Waals surface area (Å²) >= 11 is 0. The summed E-state index contributed by atoms with van der Waals surface area (Å²) < 4.78 is 33.9. The molecule has 0 bridgehead atoms. The summed E-state index contributed by atoms with van der Waals surface area (Å²) in [7, 11) is 4.57. The first-order valence-corrected chi connectivity index (χ1v) is 8.48. The predicted octanol–water partition coefficient (Wildman–Crippen LogP) is 3.76. The van der Waals surface area contributed by atoms with Crippen LogP contribution in [0.3, 0.4) is 0 Å². The molecule has 0 N–H and O–H groups in total. The van der Waals surface area contributed by atoms with E-state index in [-0.39, 0.29) is 30.1 Å². The SMILES string of the molecule is COC.COC(=O)c1cc(OCCOc2ccc(C=O)c(C)c2F)ccc1C. The Kier molecular flexibility index (Phi) is 9.67. The van der Waals surface area contributed by atoms with Crippen LogP contribution in [0.25, 0.3) is 0 Å². The van der Waals surface area contributed by atoms with Gasteiger partial charge >= 0.3 is 5.97 Å². The molecule has 0 amide bonds. The molecule has 2 rings (SSSR count). The van der Waals surface area contributed by atoms with E-state index in [2.05, 4.69) is 4.74 Å². The van der Waals surface area contributed by atoms with Gasteiger partial charge in [0.05, 0.1) is 12.7 Å². The van der Waals surface area contributed by atoms with Crippen molar-refractivity contribution >= 4 is 12.3 Å². The number of hydrogen-bond acceptors (Lipinski definition) is 6. The second kappa shape index (κ2) is 11.7. The Morgan fingerprint density at radius 3 is 2.29 bits per heavy atom. The van der Waals surface area contributed by atoms with Crippen molar-refractivity contribution in [2.45, 2.75) is 13.8 Å². The van der Waals surface area contributed by atoms with E-state index < -0.39 is 11.8 Å². The molecule has 0 aromatic heterocycles. The quantitative estimate of drug-likeness (QED) is 0.406. The fourth-order valence-corrected chi connectivity index (χ4v) is 2.25. The minimum atomic E-state index is -0.562. The molecule has 6 nitrogen and oxygen atoms in total. The topological polar surface area (TPSA) is 71.1 Å². The number of carbonyl (C=O) groups is 2. The van der Waals surface area contributed by atoms with E-state index in [9.17, 15) is 14.0 Å². The van der Waals surface area contributed by atoms with Gasteiger partial charge in [0.2, 0.25) is 0 Å². The lowest BCUT2D eigenvalue weighted by atomic mass is 10.1. The van der Waals surface area contributed by atoms with Gasteiger partial charge in [-0.15, -0.1) is 0 Å². The molecule has 0 heterocycles. The minimum absolute atomic E-state index is 0.0610. The van der Waals surface area contributed by atoms with E-state index in [0.717, 1.165) is 5.56 Å². The van der Waals surface area contributed by atoms with E-state index in [4.69, 9.17) is 14.2 Å². The molecule has 7 heteroatoms. The summed E-state index contributed by atoms with van der Waals surface area (Å²) in [6.07, 6.45) is 0.599. The maximum absolute atomic E-state index is 14.0. The first-order valence-electron chi connectivity index (χ1n) is 8.48. The lowest BCUT2D eigenvalue weighted by molar-refractivity contribution is 0.0599. The Morgan fingerprint density at radius 1 is 1.04 bits per heavy atom. The van der Waals surface area contributed by atoms with Crippen LogP contribution >= 0.6 is 0 Å². The van der Waals surface area contributed by atoms with Gasteiger partial charge in [0.25, 0.3) is 0 Å². The zero-order valence-electron chi connectivity index (χ0n) is 16.7. The number of methoxy groups -OCH3 is 2. The summed E-state index contributed by atoms with van der Waals surface area (Å²) in [5.74, 6) is -0.451. The van der Waals surface area contributed by atoms with Gasteiger partial charge in [0.15, 0.2) is 11.6 Å². The highest BCUT2D eigenvalue weighted by Crippen LogP contribution is 2.23. The number of ether oxygens (including phenoxy) is 4. The average molecular weight is 392 g/mol. The van der Waals surface area contributed by atoms with Crippen molar-refractivity contribution in [1.29, 1.82) is 0 Å². The number of hydrogen-bond donors (Lipinski definition) is 0. The average Bonchev–Trinajstić information content (AvgIpc) is 2.69. The standard InChI is InChI=1S/C19H19FO5.C2H6O/c1-12-4-6-15(10-16(12)19(22)23-3)24-8-9-25-17-7-5-14(11-21)13(2)18(17)20;1-3-2/h4-7,10-11H,8-9H2,1-3H3;1-2H3. The zero-order chi connectivity index (χ0) is 21.1. The third-order valence-electron chi connectivity index (χ3n) is 3.74. The summed E-state index contributed by atoms with van der Waals surface area (Å²) in [5.41, 5.74) is 1.74. The second-order valence-corrected chi connectivity index (χ2v) is 5.78. The molecule has 0 aliphatic carbocycles. The largest absolute Gasteiger partial charge is 0.490 e. The lowest BCUT2D eigenvalue weighted by Gasteiger charge is -2.12. The summed E-state index contributed by atoms with van der Waals surface area (Å²) in [6.45, 7) is 3.59. The molecular formula is C21H25FO6. The molecule has 0 aliphatic heterocycles. The third kappa shape index (κ3) is 6.35. The highest BCUT2D eigenvalue weighted by atomic mass is 19.1. The number of benzene rings is 2. The molecule has 0 atom stereocenters. The van der Waals surface area contributed by atoms with Gasteiger partial charge in [-0.05, 0) is 49.2 Å². The summed E-state index contributed by atoms with van der Waals surface area (Å²) in [5, 5.41) is 0. The number of halogens is 1. The van der Waals surface area contributed by atoms with E-state index in [0.29, 0.717) is 17.6 Å². The van der Waals surface area contributed by atoms with Crippen LogP contribution in [0.2, 0.25) is 0 Å². The summed E-state index contributed by atoms with van der Waals surface area (Å²) in [4.78, 5) is 22.4. The van der Waals surface area contributed by atoms with Crippen LogP contribution in [0, 0.1) is 19.7 Å². The molecule has 0 radical (unpaired) electrons. The monoisotopic (exact) mass is 392 g/mol. The fraction of sp³-hybridized carbons (Fsp3) is 0.333. The van der Waals surface area contributed by atoms with Gasteiger partial charge in [0.1, 0.15) is 25.2 Å². The third-order valence-corrected chi connectivity index (χ3v) is 3.74. The van der Waals surface area contributed by atoms with E-state index >= 15 is 0 Å². The number of esters is 1. The van der Waals surface area contributed by atoms with Gasteiger partial charge in [-0.25, -0.2) is 9.18 Å². The Balaban J connectivity index is 0.00000122. The van der Waals surface area contributed by atoms with E-state index in [1.54, 1.807) is 39.3 Å². The highest BCUT2D eigenvalue weighted by molar-refractivity contribution is 5.91. The molecule has 0 fully saturated rings. The van der Waals surface area contributed by atoms with Crippen LogP contribution in [0.15, 0.2) is 30.3 Å². The molecule has 28 heavy (non-hydrogen) atoms. The molecule has 2 aromatic carbocycles. The fourth-order valence-electron chi connectivity index (χ4n) is 2.25. The molecule has 152 valence electrons. The van der Waals surface area contributed by atoms with Crippen LogP contribution in [-0.2, 0) is 9.47 Å². The van der Waals surface area contributed by atoms with Crippen LogP contribution in [0.1, 0.15) is 31.8 Å². The smallest absolute Gasteiger partial charge is 0.338 e. The molecular weight excluding hydrogens is 367 g/mol. The highest BCUT2D eigenvalue weighted by Gasteiger charge is 2.12. The maximum Gasteiger partial charge on any atom is 0.338 e. The lowest BCUT2D eigenvalue weighted by Crippen LogP contribution is -2.11. The van der Waals surface area contributed by atoms with Crippen molar-refractivity contribution in [2.24, 2.45) is 0 Å². The molecule has 0 spiro atoms. The molecule has 0 unspecified atom stereocenters. The van der Waals surface area contributed by atoms with Gasteiger partial charge in [-0.1, -0.05) is 6.07 Å². The Labute approximate surface area is 164 Å². The Morgan fingerprint density at radius 2 is 1.68 bits per heavy atom. The Bertz CT molecular complexity index is 804. The van der Waals surface area contributed by atoms with Crippen molar-refractivity contribution in [3.63, 3.8) is 0 Å². The first kappa shape index (κ1) is 23.1. The van der Waals surface area contributed by atoms with E-state index in [1.807, 2.05) is 0 Å². The molecule has 2 aromatic rings. The van der Waals surface area contributed by atoms with Crippen LogP contribution in [0.5, 0.6) is 11.5 Å². The number of aldehydes is 1. The van der Waals surface area contributed by atoms with Crippen LogP contribution in [0.4, 0.5) is 4.39 Å². The first-order chi connectivity index (χ1) is 13.4. The molecule has 0 saturated carbocycles. The van der Waals surface area contributed by atoms with Gasteiger partial charge in [-0.3, -0.25) is 4.79 Å². The Hall–Kier alpha value is -2.93. The van der Waals surface area contributed by atoms with Crippen molar-refractivity contribution in [2.75, 3.05) is 34.5 Å². The van der Waals surface area contributed by atoms with Crippen molar-refractivity contribution in [3.8, 4) is 11.5 Å². The predicted molar refractivity (Wildman–Crippen MR) is 103 cm³/mol. The number of rotatable bonds is 7. The van der Waals surface area contributed by atoms with Crippen LogP contribution in [-0.4, -0.2) is 46.8 Å². The maximum atomic E-state index is 14.0. The second-order valence-electron chi connectivity index (χ2n) is 5.78. The van der Waals surface area contributed by atoms with Gasteiger partial charge in [0, 0.05) is 19.8 Å². The van der Waals surface area contributed by atoms with Gasteiger partial charge < -0.3 is 18.9 Å². The number of carbonyl (C=O) groups excluding carboxylic acids is 2. The minimum Gasteiger partial charge on any atom is -0.490 e. The van der Waals surface area contributed by atoms with Crippen LogP contribution < -0.4 is 9.47 Å². The van der Waals surface area contributed by atoms with Crippen molar-refractivity contribution < 1.29 is 32.9 Å². The summed E-state index contributed by atoms with van der Waals surface area (Å²) in [6, 6.07) is 7.98. The molecule has 0 saturated heterocycles. The normalized spacial score (nSPS) is 9.79. The van der Waals surface area contributed by atoms with E-state index in [1.165, 1.54) is 26.2 Å².